The van der Waals surface area contributed by atoms with Gasteiger partial charge in [0.2, 0.25) is 0 Å². The first-order valence-electron chi connectivity index (χ1n) is 6.97. The normalized spacial score (nSPS) is 10.5. The fourth-order valence-electron chi connectivity index (χ4n) is 1.93. The minimum absolute atomic E-state index is 0.365. The first-order valence-corrected chi connectivity index (χ1v) is 7.76. The summed E-state index contributed by atoms with van der Waals surface area (Å²) < 4.78 is 16.2. The van der Waals surface area contributed by atoms with Gasteiger partial charge in [-0.25, -0.2) is 5.43 Å². The van der Waals surface area contributed by atoms with Gasteiger partial charge in [0, 0.05) is 11.6 Å². The monoisotopic (exact) mass is 392 g/mol. The summed E-state index contributed by atoms with van der Waals surface area (Å²) in [6.07, 6.45) is 1.54. The van der Waals surface area contributed by atoms with Gasteiger partial charge in [-0.1, -0.05) is 0 Å². The Morgan fingerprint density at radius 3 is 2.25 bits per heavy atom. The van der Waals surface area contributed by atoms with Gasteiger partial charge in [-0.2, -0.15) is 5.10 Å². The van der Waals surface area contributed by atoms with Gasteiger partial charge in [-0.15, -0.1) is 0 Å². The standard InChI is InChI=1S/C17H17BrN2O4/c1-22-13-7-12(8-14(9-13)23-2)17(21)20-19-10-11-4-5-16(24-3)15(18)6-11/h4-10H,1-3H3,(H,20,21). The smallest absolute Gasteiger partial charge is 0.271 e. The number of methoxy groups -OCH3 is 3. The molecule has 0 atom stereocenters. The largest absolute Gasteiger partial charge is 0.497 e. The molecule has 1 amide bonds. The van der Waals surface area contributed by atoms with Crippen molar-refractivity contribution in [1.29, 1.82) is 0 Å². The molecule has 0 unspecified atom stereocenters. The molecule has 6 nitrogen and oxygen atoms in total. The van der Waals surface area contributed by atoms with E-state index >= 15 is 0 Å². The third-order valence-electron chi connectivity index (χ3n) is 3.17. The minimum atomic E-state index is -0.365. The summed E-state index contributed by atoms with van der Waals surface area (Å²) in [7, 11) is 4.64. The van der Waals surface area contributed by atoms with E-state index in [-0.39, 0.29) is 5.91 Å². The maximum Gasteiger partial charge on any atom is 0.271 e. The molecule has 0 fully saturated rings. The third-order valence-corrected chi connectivity index (χ3v) is 3.79. The molecular weight excluding hydrogens is 376 g/mol. The predicted octanol–water partition coefficient (Wildman–Crippen LogP) is 3.24. The van der Waals surface area contributed by atoms with Crippen molar-refractivity contribution in [2.75, 3.05) is 21.3 Å². The minimum Gasteiger partial charge on any atom is -0.497 e. The highest BCUT2D eigenvalue weighted by molar-refractivity contribution is 9.10. The molecule has 0 bridgehead atoms. The Balaban J connectivity index is 2.08. The first-order chi connectivity index (χ1) is 11.6. The molecule has 1 N–H and O–H groups in total. The number of rotatable bonds is 6. The molecule has 0 spiro atoms. The first kappa shape index (κ1) is 17.8. The van der Waals surface area contributed by atoms with E-state index in [0.29, 0.717) is 17.1 Å². The van der Waals surface area contributed by atoms with Gasteiger partial charge < -0.3 is 14.2 Å². The number of benzene rings is 2. The van der Waals surface area contributed by atoms with Crippen molar-refractivity contribution in [1.82, 2.24) is 5.43 Å². The predicted molar refractivity (Wildman–Crippen MR) is 95.3 cm³/mol. The van der Waals surface area contributed by atoms with Crippen LogP contribution in [0.15, 0.2) is 46.0 Å². The van der Waals surface area contributed by atoms with Crippen LogP contribution < -0.4 is 19.6 Å². The second kappa shape index (κ2) is 8.35. The zero-order chi connectivity index (χ0) is 17.5. The molecule has 0 aliphatic carbocycles. The van der Waals surface area contributed by atoms with Crippen LogP contribution in [0.4, 0.5) is 0 Å². The topological polar surface area (TPSA) is 69.2 Å². The van der Waals surface area contributed by atoms with E-state index in [1.54, 1.807) is 37.6 Å². The lowest BCUT2D eigenvalue weighted by molar-refractivity contribution is 0.0954. The van der Waals surface area contributed by atoms with Crippen molar-refractivity contribution in [3.63, 3.8) is 0 Å². The average Bonchev–Trinajstić information content (AvgIpc) is 2.61. The van der Waals surface area contributed by atoms with Crippen LogP contribution in [-0.4, -0.2) is 33.5 Å². The summed E-state index contributed by atoms with van der Waals surface area (Å²) in [5.74, 6) is 1.42. The van der Waals surface area contributed by atoms with Crippen LogP contribution in [0.25, 0.3) is 0 Å². The molecule has 0 saturated carbocycles. The van der Waals surface area contributed by atoms with Crippen LogP contribution in [0, 0.1) is 0 Å². The number of carbonyl (C=O) groups excluding carboxylic acids is 1. The van der Waals surface area contributed by atoms with Gasteiger partial charge in [0.05, 0.1) is 32.0 Å². The molecule has 0 aliphatic rings. The van der Waals surface area contributed by atoms with E-state index in [2.05, 4.69) is 26.5 Å². The van der Waals surface area contributed by atoms with E-state index in [4.69, 9.17) is 14.2 Å². The number of hydrogen-bond acceptors (Lipinski definition) is 5. The van der Waals surface area contributed by atoms with Gasteiger partial charge in [0.25, 0.3) is 5.91 Å². The number of nitrogens with one attached hydrogen (secondary N) is 1. The number of carbonyl (C=O) groups is 1. The van der Waals surface area contributed by atoms with Crippen molar-refractivity contribution in [3.8, 4) is 17.2 Å². The molecule has 2 aromatic rings. The number of amides is 1. The van der Waals surface area contributed by atoms with Crippen molar-refractivity contribution in [2.45, 2.75) is 0 Å². The fraction of sp³-hybridized carbons (Fsp3) is 0.176. The Bertz CT molecular complexity index is 740. The number of nitrogens with zero attached hydrogens (tertiary/aromatic N) is 1. The molecule has 0 aliphatic heterocycles. The van der Waals surface area contributed by atoms with E-state index in [0.717, 1.165) is 15.8 Å². The lowest BCUT2D eigenvalue weighted by Gasteiger charge is -2.07. The van der Waals surface area contributed by atoms with E-state index < -0.39 is 0 Å². The second-order valence-electron chi connectivity index (χ2n) is 4.69. The molecule has 126 valence electrons. The summed E-state index contributed by atoms with van der Waals surface area (Å²) in [5.41, 5.74) is 3.67. The number of halogens is 1. The lowest BCUT2D eigenvalue weighted by atomic mass is 10.2. The van der Waals surface area contributed by atoms with Gasteiger partial charge in [0.1, 0.15) is 17.2 Å². The van der Waals surface area contributed by atoms with Crippen LogP contribution >= 0.6 is 15.9 Å². The van der Waals surface area contributed by atoms with Crippen LogP contribution in [0.5, 0.6) is 17.2 Å². The Hall–Kier alpha value is -2.54. The highest BCUT2D eigenvalue weighted by Gasteiger charge is 2.09. The van der Waals surface area contributed by atoms with Gasteiger partial charge in [-0.05, 0) is 51.8 Å². The van der Waals surface area contributed by atoms with E-state index in [1.165, 1.54) is 14.2 Å². The SMILES string of the molecule is COc1cc(OC)cc(C(=O)NN=Cc2ccc(OC)c(Br)c2)c1. The number of hydrogen-bond donors (Lipinski definition) is 1. The summed E-state index contributed by atoms with van der Waals surface area (Å²) in [5, 5.41) is 3.96. The highest BCUT2D eigenvalue weighted by Crippen LogP contribution is 2.25. The lowest BCUT2D eigenvalue weighted by Crippen LogP contribution is -2.17. The Labute approximate surface area is 148 Å². The van der Waals surface area contributed by atoms with Crippen molar-refractivity contribution in [3.05, 3.63) is 52.0 Å². The number of ether oxygens (including phenoxy) is 3. The maximum atomic E-state index is 12.2. The van der Waals surface area contributed by atoms with Crippen LogP contribution in [0.2, 0.25) is 0 Å². The van der Waals surface area contributed by atoms with Gasteiger partial charge in [0.15, 0.2) is 0 Å². The third kappa shape index (κ3) is 4.48. The van der Waals surface area contributed by atoms with Crippen molar-refractivity contribution >= 4 is 28.1 Å². The summed E-state index contributed by atoms with van der Waals surface area (Å²) in [6.45, 7) is 0. The molecule has 2 rings (SSSR count). The quantitative estimate of drug-likeness (QED) is 0.605. The summed E-state index contributed by atoms with van der Waals surface area (Å²) >= 11 is 3.39. The van der Waals surface area contributed by atoms with Gasteiger partial charge in [-0.3, -0.25) is 4.79 Å². The fourth-order valence-corrected chi connectivity index (χ4v) is 2.49. The molecule has 0 heterocycles. The molecule has 2 aromatic carbocycles. The molecule has 0 aromatic heterocycles. The Kier molecular flexibility index (Phi) is 6.20. The van der Waals surface area contributed by atoms with E-state index in [9.17, 15) is 4.79 Å². The van der Waals surface area contributed by atoms with Crippen molar-refractivity contribution in [2.24, 2.45) is 5.10 Å². The average molecular weight is 393 g/mol. The number of hydrazone groups is 1. The van der Waals surface area contributed by atoms with Gasteiger partial charge >= 0.3 is 0 Å². The Morgan fingerprint density at radius 1 is 1.04 bits per heavy atom. The molecule has 0 radical (unpaired) electrons. The summed E-state index contributed by atoms with van der Waals surface area (Å²) in [6, 6.07) is 10.4. The molecular formula is C17H17BrN2O4. The molecule has 7 heteroatoms. The van der Waals surface area contributed by atoms with Crippen molar-refractivity contribution < 1.29 is 19.0 Å². The van der Waals surface area contributed by atoms with Crippen LogP contribution in [0.1, 0.15) is 15.9 Å². The van der Waals surface area contributed by atoms with Crippen LogP contribution in [-0.2, 0) is 0 Å². The summed E-state index contributed by atoms with van der Waals surface area (Å²) in [4.78, 5) is 12.2. The highest BCUT2D eigenvalue weighted by atomic mass is 79.9. The van der Waals surface area contributed by atoms with Crippen LogP contribution in [0.3, 0.4) is 0 Å². The van der Waals surface area contributed by atoms with E-state index in [1.807, 2.05) is 12.1 Å². The zero-order valence-electron chi connectivity index (χ0n) is 13.5. The maximum absolute atomic E-state index is 12.2. The molecule has 24 heavy (non-hydrogen) atoms. The zero-order valence-corrected chi connectivity index (χ0v) is 15.1. The Morgan fingerprint density at radius 2 is 1.71 bits per heavy atom. The second-order valence-corrected chi connectivity index (χ2v) is 5.55. The molecule has 0 saturated heterocycles.